The van der Waals surface area contributed by atoms with Crippen molar-refractivity contribution < 1.29 is 9.90 Å². The second-order valence-corrected chi connectivity index (χ2v) is 2.73. The first-order valence-electron chi connectivity index (χ1n) is 3.04. The highest BCUT2D eigenvalue weighted by molar-refractivity contribution is 8.11. The third-order valence-electron chi connectivity index (χ3n) is 0.979. The largest absolute Gasteiger partial charge is 0.392 e. The number of carbonyl (C=O) groups is 1. The van der Waals surface area contributed by atoms with Gasteiger partial charge in [-0.25, -0.2) is 0 Å². The summed E-state index contributed by atoms with van der Waals surface area (Å²) in [5.74, 6) is 0.539. The smallest absolute Gasteiger partial charge is 0.176 e. The summed E-state index contributed by atoms with van der Waals surface area (Å²) in [6.07, 6.45) is 1.46. The molecule has 2 nitrogen and oxygen atoms in total. The average molecular weight is 148 g/mol. The van der Waals surface area contributed by atoms with Crippen molar-refractivity contribution in [2.24, 2.45) is 0 Å². The fourth-order valence-electron chi connectivity index (χ4n) is 0.567. The molecule has 0 aromatic carbocycles. The van der Waals surface area contributed by atoms with Crippen LogP contribution in [0.2, 0.25) is 0 Å². The first-order valence-corrected chi connectivity index (χ1v) is 4.09. The molecule has 0 rings (SSSR count). The van der Waals surface area contributed by atoms with Crippen LogP contribution in [0.3, 0.4) is 0 Å². The number of carbonyl (C=O) groups excluding carboxylic acids is 1. The molecule has 0 spiro atoms. The predicted molar refractivity (Wildman–Crippen MR) is 40.1 cm³/mol. The third kappa shape index (κ3) is 5.86. The van der Waals surface area contributed by atoms with Crippen molar-refractivity contribution in [3.05, 3.63) is 0 Å². The summed E-state index contributed by atoms with van der Waals surface area (Å²) >= 11 is 1.13. The highest BCUT2D eigenvalue weighted by atomic mass is 32.2. The summed E-state index contributed by atoms with van der Waals surface area (Å²) in [5.41, 5.74) is 0.763. The molecule has 0 fully saturated rings. The van der Waals surface area contributed by atoms with E-state index < -0.39 is 0 Å². The topological polar surface area (TPSA) is 37.3 Å². The van der Waals surface area contributed by atoms with E-state index in [1.807, 2.05) is 6.92 Å². The molecule has 3 heteroatoms. The van der Waals surface area contributed by atoms with Gasteiger partial charge in [0.25, 0.3) is 0 Å². The van der Waals surface area contributed by atoms with Crippen LogP contribution in [0.4, 0.5) is 0 Å². The fraction of sp³-hybridized carbons (Fsp3) is 0.833. The van der Waals surface area contributed by atoms with Crippen molar-refractivity contribution in [2.75, 3.05) is 5.75 Å². The van der Waals surface area contributed by atoms with E-state index in [1.54, 1.807) is 0 Å². The van der Waals surface area contributed by atoms with Gasteiger partial charge in [-0.2, -0.15) is 0 Å². The molecule has 1 unspecified atom stereocenters. The minimum absolute atomic E-state index is 0.301. The summed E-state index contributed by atoms with van der Waals surface area (Å²) < 4.78 is 0. The van der Waals surface area contributed by atoms with Gasteiger partial charge in [0.2, 0.25) is 0 Å². The van der Waals surface area contributed by atoms with Crippen LogP contribution in [-0.2, 0) is 4.79 Å². The van der Waals surface area contributed by atoms with E-state index in [-0.39, 0.29) is 6.10 Å². The van der Waals surface area contributed by atoms with Gasteiger partial charge in [-0.05, 0) is 6.42 Å². The maximum absolute atomic E-state index is 9.77. The fourth-order valence-corrected chi connectivity index (χ4v) is 1.03. The van der Waals surface area contributed by atoms with Crippen molar-refractivity contribution in [2.45, 2.75) is 25.9 Å². The van der Waals surface area contributed by atoms with Crippen LogP contribution >= 0.6 is 11.8 Å². The Balaban J connectivity index is 3.04. The molecular formula is C6H12O2S. The van der Waals surface area contributed by atoms with Crippen molar-refractivity contribution in [3.8, 4) is 0 Å². The zero-order valence-corrected chi connectivity index (χ0v) is 6.36. The molecule has 0 radical (unpaired) electrons. The molecule has 0 heterocycles. The lowest BCUT2D eigenvalue weighted by Crippen LogP contribution is -2.08. The van der Waals surface area contributed by atoms with Crippen LogP contribution in [0.5, 0.6) is 0 Å². The Morgan fingerprint density at radius 1 is 1.78 bits per heavy atom. The molecule has 0 aromatic rings. The first-order chi connectivity index (χ1) is 4.31. The van der Waals surface area contributed by atoms with Gasteiger partial charge in [-0.15, -0.1) is 0 Å². The summed E-state index contributed by atoms with van der Waals surface area (Å²) in [5, 5.41) is 9.00. The van der Waals surface area contributed by atoms with Gasteiger partial charge in [0, 0.05) is 5.75 Å². The Kier molecular flexibility index (Phi) is 6.09. The lowest BCUT2D eigenvalue weighted by atomic mass is 10.2. The van der Waals surface area contributed by atoms with Gasteiger partial charge in [-0.1, -0.05) is 25.1 Å². The van der Waals surface area contributed by atoms with E-state index >= 15 is 0 Å². The average Bonchev–Trinajstić information content (AvgIpc) is 1.85. The van der Waals surface area contributed by atoms with E-state index in [2.05, 4.69) is 0 Å². The second kappa shape index (κ2) is 6.11. The van der Waals surface area contributed by atoms with Crippen LogP contribution in [0.15, 0.2) is 0 Å². The Morgan fingerprint density at radius 2 is 2.44 bits per heavy atom. The van der Waals surface area contributed by atoms with E-state index in [1.165, 1.54) is 0 Å². The predicted octanol–water partition coefficient (Wildman–Crippen LogP) is 1.07. The van der Waals surface area contributed by atoms with Gasteiger partial charge >= 0.3 is 0 Å². The minimum Gasteiger partial charge on any atom is -0.392 e. The standard InChI is InChI=1S/C6H12O2S/c1-2-3-6(8)4-9-5-7/h5-6,8H,2-4H2,1H3. The molecule has 0 saturated carbocycles. The van der Waals surface area contributed by atoms with Gasteiger partial charge in [0.1, 0.15) is 0 Å². The van der Waals surface area contributed by atoms with E-state index in [9.17, 15) is 4.79 Å². The number of aliphatic hydroxyl groups excluding tert-OH is 1. The lowest BCUT2D eigenvalue weighted by molar-refractivity contribution is 0.188. The molecule has 0 aliphatic heterocycles. The van der Waals surface area contributed by atoms with Gasteiger partial charge in [0.05, 0.1) is 6.10 Å². The monoisotopic (exact) mass is 148 g/mol. The van der Waals surface area contributed by atoms with Gasteiger partial charge < -0.3 is 5.11 Å². The van der Waals surface area contributed by atoms with Crippen molar-refractivity contribution >= 4 is 17.4 Å². The number of hydrogen-bond acceptors (Lipinski definition) is 3. The highest BCUT2D eigenvalue weighted by Gasteiger charge is 2.00. The molecule has 1 atom stereocenters. The van der Waals surface area contributed by atoms with Gasteiger partial charge in [0.15, 0.2) is 5.62 Å². The summed E-state index contributed by atoms with van der Waals surface area (Å²) in [6.45, 7) is 2.01. The molecule has 0 saturated heterocycles. The second-order valence-electron chi connectivity index (χ2n) is 1.87. The molecule has 0 aliphatic rings. The number of thioether (sulfide) groups is 1. The molecular weight excluding hydrogens is 136 g/mol. The Morgan fingerprint density at radius 3 is 2.89 bits per heavy atom. The zero-order chi connectivity index (χ0) is 7.11. The van der Waals surface area contributed by atoms with Crippen molar-refractivity contribution in [1.82, 2.24) is 0 Å². The lowest BCUT2D eigenvalue weighted by Gasteiger charge is -2.03. The van der Waals surface area contributed by atoms with Crippen molar-refractivity contribution in [3.63, 3.8) is 0 Å². The van der Waals surface area contributed by atoms with Crippen LogP contribution < -0.4 is 0 Å². The number of aliphatic hydroxyl groups is 1. The van der Waals surface area contributed by atoms with E-state index in [0.717, 1.165) is 30.2 Å². The normalized spacial score (nSPS) is 13.1. The van der Waals surface area contributed by atoms with Crippen LogP contribution in [-0.4, -0.2) is 22.6 Å². The molecule has 54 valence electrons. The zero-order valence-electron chi connectivity index (χ0n) is 5.54. The van der Waals surface area contributed by atoms with Gasteiger partial charge in [-0.3, -0.25) is 4.79 Å². The van der Waals surface area contributed by atoms with Crippen LogP contribution in [0, 0.1) is 0 Å². The molecule has 0 amide bonds. The Labute approximate surface area is 59.6 Å². The SMILES string of the molecule is CCCC(O)CSC=O. The number of hydrogen-bond donors (Lipinski definition) is 1. The molecule has 0 aromatic heterocycles. The van der Waals surface area contributed by atoms with E-state index in [0.29, 0.717) is 5.75 Å². The summed E-state index contributed by atoms with van der Waals surface area (Å²) in [6, 6.07) is 0. The highest BCUT2D eigenvalue weighted by Crippen LogP contribution is 2.03. The molecule has 1 N–H and O–H groups in total. The molecule has 9 heavy (non-hydrogen) atoms. The third-order valence-corrected chi connectivity index (χ3v) is 1.69. The Bertz CT molecular complexity index is 75.5. The maximum Gasteiger partial charge on any atom is 0.176 e. The van der Waals surface area contributed by atoms with Crippen LogP contribution in [0.1, 0.15) is 19.8 Å². The molecule has 0 aliphatic carbocycles. The Hall–Kier alpha value is -0.0200. The van der Waals surface area contributed by atoms with Crippen molar-refractivity contribution in [1.29, 1.82) is 0 Å². The minimum atomic E-state index is -0.301. The van der Waals surface area contributed by atoms with Crippen LogP contribution in [0.25, 0.3) is 0 Å². The summed E-state index contributed by atoms with van der Waals surface area (Å²) in [4.78, 5) is 9.77. The first kappa shape index (κ1) is 8.98. The molecule has 0 bridgehead atoms. The van der Waals surface area contributed by atoms with E-state index in [4.69, 9.17) is 5.11 Å². The number of rotatable bonds is 5. The quantitative estimate of drug-likeness (QED) is 0.592. The maximum atomic E-state index is 9.77. The summed E-state index contributed by atoms with van der Waals surface area (Å²) in [7, 11) is 0.